The highest BCUT2D eigenvalue weighted by Gasteiger charge is 2.22. The SMILES string of the molecule is CC(C)(C)C(CCO)NCCCn1ccnc1. The largest absolute Gasteiger partial charge is 0.396 e. The molecule has 17 heavy (non-hydrogen) atoms. The Morgan fingerprint density at radius 1 is 1.41 bits per heavy atom. The number of imidazole rings is 1. The molecular weight excluding hydrogens is 214 g/mol. The zero-order valence-electron chi connectivity index (χ0n) is 11.2. The van der Waals surface area contributed by atoms with Crippen molar-refractivity contribution in [2.24, 2.45) is 5.41 Å². The molecule has 1 aromatic rings. The van der Waals surface area contributed by atoms with Crippen LogP contribution in [0.2, 0.25) is 0 Å². The predicted octanol–water partition coefficient (Wildman–Crippen LogP) is 1.66. The smallest absolute Gasteiger partial charge is 0.0945 e. The van der Waals surface area contributed by atoms with E-state index in [-0.39, 0.29) is 12.0 Å². The first-order chi connectivity index (χ1) is 8.04. The molecule has 0 aromatic carbocycles. The number of aliphatic hydroxyl groups excluding tert-OH is 1. The van der Waals surface area contributed by atoms with Crippen LogP contribution in [0, 0.1) is 5.41 Å². The Kier molecular flexibility index (Phi) is 5.65. The van der Waals surface area contributed by atoms with Crippen molar-refractivity contribution in [1.29, 1.82) is 0 Å². The molecule has 1 atom stereocenters. The fourth-order valence-electron chi connectivity index (χ4n) is 1.93. The molecule has 4 heteroatoms. The second-order valence-corrected chi connectivity index (χ2v) is 5.54. The fraction of sp³-hybridized carbons (Fsp3) is 0.769. The maximum absolute atomic E-state index is 9.05. The summed E-state index contributed by atoms with van der Waals surface area (Å²) in [7, 11) is 0. The highest BCUT2D eigenvalue weighted by atomic mass is 16.3. The van der Waals surface area contributed by atoms with Gasteiger partial charge in [-0.25, -0.2) is 4.98 Å². The van der Waals surface area contributed by atoms with Crippen molar-refractivity contribution >= 4 is 0 Å². The first kappa shape index (κ1) is 14.2. The van der Waals surface area contributed by atoms with Gasteiger partial charge in [0.25, 0.3) is 0 Å². The van der Waals surface area contributed by atoms with Crippen LogP contribution in [0.3, 0.4) is 0 Å². The maximum atomic E-state index is 9.05. The first-order valence-corrected chi connectivity index (χ1v) is 6.34. The van der Waals surface area contributed by atoms with Crippen LogP contribution in [0.15, 0.2) is 18.7 Å². The normalized spacial score (nSPS) is 13.9. The van der Waals surface area contributed by atoms with Gasteiger partial charge in [0, 0.05) is 31.6 Å². The van der Waals surface area contributed by atoms with Crippen molar-refractivity contribution in [3.63, 3.8) is 0 Å². The molecule has 2 N–H and O–H groups in total. The van der Waals surface area contributed by atoms with Crippen molar-refractivity contribution in [3.05, 3.63) is 18.7 Å². The first-order valence-electron chi connectivity index (χ1n) is 6.34. The van der Waals surface area contributed by atoms with E-state index in [2.05, 4.69) is 35.6 Å². The number of nitrogens with zero attached hydrogens (tertiary/aromatic N) is 2. The molecule has 0 bridgehead atoms. The van der Waals surface area contributed by atoms with Crippen LogP contribution in [0.1, 0.15) is 33.6 Å². The highest BCUT2D eigenvalue weighted by Crippen LogP contribution is 2.21. The molecule has 98 valence electrons. The quantitative estimate of drug-likeness (QED) is 0.712. The molecule has 0 radical (unpaired) electrons. The van der Waals surface area contributed by atoms with Crippen molar-refractivity contribution in [2.75, 3.05) is 13.2 Å². The third kappa shape index (κ3) is 5.33. The summed E-state index contributed by atoms with van der Waals surface area (Å²) in [6, 6.07) is 0.371. The van der Waals surface area contributed by atoms with E-state index >= 15 is 0 Å². The summed E-state index contributed by atoms with van der Waals surface area (Å²) in [5.74, 6) is 0. The van der Waals surface area contributed by atoms with Crippen molar-refractivity contribution in [1.82, 2.24) is 14.9 Å². The summed E-state index contributed by atoms with van der Waals surface area (Å²) in [5, 5.41) is 12.6. The monoisotopic (exact) mass is 239 g/mol. The fourth-order valence-corrected chi connectivity index (χ4v) is 1.93. The zero-order valence-corrected chi connectivity index (χ0v) is 11.2. The Balaban J connectivity index is 2.23. The topological polar surface area (TPSA) is 50.1 Å². The minimum absolute atomic E-state index is 0.192. The number of rotatable bonds is 7. The number of hydrogen-bond donors (Lipinski definition) is 2. The van der Waals surface area contributed by atoms with Crippen LogP contribution >= 0.6 is 0 Å². The number of aliphatic hydroxyl groups is 1. The van der Waals surface area contributed by atoms with E-state index in [9.17, 15) is 0 Å². The lowest BCUT2D eigenvalue weighted by molar-refractivity contribution is 0.197. The van der Waals surface area contributed by atoms with Gasteiger partial charge in [-0.1, -0.05) is 20.8 Å². The van der Waals surface area contributed by atoms with Gasteiger partial charge in [-0.3, -0.25) is 0 Å². The second kappa shape index (κ2) is 6.77. The van der Waals surface area contributed by atoms with Gasteiger partial charge in [0.1, 0.15) is 0 Å². The van der Waals surface area contributed by atoms with Gasteiger partial charge in [0.05, 0.1) is 6.33 Å². The Morgan fingerprint density at radius 2 is 2.18 bits per heavy atom. The molecule has 0 amide bonds. The summed E-state index contributed by atoms with van der Waals surface area (Å²) in [6.07, 6.45) is 7.52. The van der Waals surface area contributed by atoms with Crippen molar-refractivity contribution < 1.29 is 5.11 Å². The minimum atomic E-state index is 0.192. The van der Waals surface area contributed by atoms with E-state index in [4.69, 9.17) is 5.11 Å². The zero-order chi connectivity index (χ0) is 12.7. The predicted molar refractivity (Wildman–Crippen MR) is 69.8 cm³/mol. The van der Waals surface area contributed by atoms with E-state index < -0.39 is 0 Å². The van der Waals surface area contributed by atoms with Crippen LogP contribution in [-0.4, -0.2) is 33.9 Å². The summed E-state index contributed by atoms with van der Waals surface area (Å²) >= 11 is 0. The summed E-state index contributed by atoms with van der Waals surface area (Å²) in [4.78, 5) is 4.01. The van der Waals surface area contributed by atoms with E-state index in [1.54, 1.807) is 6.20 Å². The molecule has 0 spiro atoms. The van der Waals surface area contributed by atoms with E-state index in [0.29, 0.717) is 6.04 Å². The minimum Gasteiger partial charge on any atom is -0.396 e. The summed E-state index contributed by atoms with van der Waals surface area (Å²) in [5.41, 5.74) is 0.192. The Bertz CT molecular complexity index is 290. The van der Waals surface area contributed by atoms with Crippen LogP contribution in [-0.2, 0) is 6.54 Å². The molecule has 1 unspecified atom stereocenters. The van der Waals surface area contributed by atoms with Gasteiger partial charge in [0.2, 0.25) is 0 Å². The maximum Gasteiger partial charge on any atom is 0.0945 e. The second-order valence-electron chi connectivity index (χ2n) is 5.54. The molecule has 1 heterocycles. The standard InChI is InChI=1S/C13H25N3O/c1-13(2,3)12(5-10-17)15-6-4-8-16-9-7-14-11-16/h7,9,11-12,15,17H,4-6,8,10H2,1-3H3. The van der Waals surface area contributed by atoms with Crippen LogP contribution < -0.4 is 5.32 Å². The van der Waals surface area contributed by atoms with Crippen LogP contribution in [0.4, 0.5) is 0 Å². The number of hydrogen-bond acceptors (Lipinski definition) is 3. The van der Waals surface area contributed by atoms with Gasteiger partial charge < -0.3 is 15.0 Å². The number of nitrogens with one attached hydrogen (secondary N) is 1. The molecular formula is C13H25N3O. The van der Waals surface area contributed by atoms with Crippen LogP contribution in [0.25, 0.3) is 0 Å². The molecule has 0 aliphatic rings. The Hall–Kier alpha value is -0.870. The van der Waals surface area contributed by atoms with Gasteiger partial charge >= 0.3 is 0 Å². The Morgan fingerprint density at radius 3 is 2.71 bits per heavy atom. The van der Waals surface area contributed by atoms with Crippen molar-refractivity contribution in [3.8, 4) is 0 Å². The lowest BCUT2D eigenvalue weighted by atomic mass is 9.85. The molecule has 0 aliphatic heterocycles. The highest BCUT2D eigenvalue weighted by molar-refractivity contribution is 4.80. The van der Waals surface area contributed by atoms with Gasteiger partial charge in [0.15, 0.2) is 0 Å². The third-order valence-corrected chi connectivity index (χ3v) is 3.01. The lowest BCUT2D eigenvalue weighted by Gasteiger charge is -2.31. The average molecular weight is 239 g/mol. The van der Waals surface area contributed by atoms with Gasteiger partial charge in [-0.2, -0.15) is 0 Å². The van der Waals surface area contributed by atoms with E-state index in [1.165, 1.54) is 0 Å². The molecule has 1 rings (SSSR count). The lowest BCUT2D eigenvalue weighted by Crippen LogP contribution is -2.41. The van der Waals surface area contributed by atoms with Gasteiger partial charge in [-0.15, -0.1) is 0 Å². The van der Waals surface area contributed by atoms with Crippen molar-refractivity contribution in [2.45, 2.75) is 46.2 Å². The Labute approximate surface area is 104 Å². The summed E-state index contributed by atoms with van der Waals surface area (Å²) < 4.78 is 2.08. The molecule has 0 saturated heterocycles. The number of aromatic nitrogens is 2. The molecule has 4 nitrogen and oxygen atoms in total. The van der Waals surface area contributed by atoms with E-state index in [0.717, 1.165) is 25.9 Å². The third-order valence-electron chi connectivity index (χ3n) is 3.01. The molecule has 0 fully saturated rings. The molecule has 0 saturated carbocycles. The molecule has 0 aliphatic carbocycles. The van der Waals surface area contributed by atoms with Gasteiger partial charge in [-0.05, 0) is 24.8 Å². The summed E-state index contributed by atoms with van der Waals surface area (Å²) in [6.45, 7) is 8.82. The average Bonchev–Trinajstić information content (AvgIpc) is 2.74. The molecule has 1 aromatic heterocycles. The van der Waals surface area contributed by atoms with E-state index in [1.807, 2.05) is 12.5 Å². The number of aryl methyl sites for hydroxylation is 1. The van der Waals surface area contributed by atoms with Crippen LogP contribution in [0.5, 0.6) is 0 Å².